The van der Waals surface area contributed by atoms with E-state index in [0.29, 0.717) is 19.3 Å². The highest BCUT2D eigenvalue weighted by Crippen LogP contribution is 2.25. The fourth-order valence-electron chi connectivity index (χ4n) is 13.7. The number of hydrogen-bond acceptors (Lipinski definition) is 24. The minimum atomic E-state index is -1.84. The summed E-state index contributed by atoms with van der Waals surface area (Å²) >= 11 is 0. The number of carboxylic acid groups (broad SMARTS) is 1. The molecule has 0 aliphatic carbocycles. The van der Waals surface area contributed by atoms with Crippen LogP contribution in [0.25, 0.3) is 0 Å². The van der Waals surface area contributed by atoms with Gasteiger partial charge in [-0.1, -0.05) is 72.1 Å². The molecule has 21 amide bonds. The molecule has 143 heavy (non-hydrogen) atoms. The van der Waals surface area contributed by atoms with E-state index < -0.39 is 264 Å². The van der Waals surface area contributed by atoms with Crippen molar-refractivity contribution in [2.75, 3.05) is 19.6 Å². The highest BCUT2D eigenvalue weighted by Gasteiger charge is 2.48. The maximum atomic E-state index is 14.0. The zero-order valence-electron chi connectivity index (χ0n) is 89.5. The number of ketones is 1. The predicted molar refractivity (Wildman–Crippen MR) is 529 cm³/mol. The number of amides is 21. The molecule has 48 nitrogen and oxygen atoms in total. The summed E-state index contributed by atoms with van der Waals surface area (Å²) < 4.78 is 0. The number of likely N-dealkylation sites (tertiary alicyclic amines) is 1. The second-order valence-electron chi connectivity index (χ2n) is 42.7. The highest BCUT2D eigenvalue weighted by atomic mass is 16.4. The van der Waals surface area contributed by atoms with Crippen molar-refractivity contribution in [2.24, 2.45) is 17.6 Å². The average molecular weight is 2030 g/mol. The monoisotopic (exact) mass is 2030 g/mol. The Morgan fingerprint density at radius 1 is 0.336 bits per heavy atom. The van der Waals surface area contributed by atoms with Gasteiger partial charge in [-0.2, -0.15) is 0 Å². The molecule has 0 bridgehead atoms. The molecule has 11 atom stereocenters. The lowest BCUT2D eigenvalue weighted by molar-refractivity contribution is -0.146. The van der Waals surface area contributed by atoms with E-state index in [1.807, 2.05) is 0 Å². The van der Waals surface area contributed by atoms with Crippen molar-refractivity contribution in [3.05, 3.63) is 0 Å². The first-order valence-electron chi connectivity index (χ1n) is 48.6. The van der Waals surface area contributed by atoms with Crippen LogP contribution in [-0.2, 0) is 110 Å². The van der Waals surface area contributed by atoms with E-state index in [2.05, 4.69) is 119 Å². The van der Waals surface area contributed by atoms with Crippen LogP contribution in [0.15, 0.2) is 0 Å². The van der Waals surface area contributed by atoms with Gasteiger partial charge in [0.15, 0.2) is 5.96 Å². The number of aliphatic carboxylic acids is 1. The van der Waals surface area contributed by atoms with Crippen LogP contribution < -0.4 is 117 Å². The Hall–Kier alpha value is -12.7. The van der Waals surface area contributed by atoms with Gasteiger partial charge in [0, 0.05) is 19.5 Å². The van der Waals surface area contributed by atoms with E-state index in [4.69, 9.17) is 16.2 Å². The van der Waals surface area contributed by atoms with Crippen LogP contribution >= 0.6 is 0 Å². The highest BCUT2D eigenvalue weighted by molar-refractivity contribution is 6.06. The van der Waals surface area contributed by atoms with Crippen molar-refractivity contribution in [1.29, 1.82) is 5.41 Å². The Bertz CT molecular complexity index is 4630. The fourth-order valence-corrected chi connectivity index (χ4v) is 13.7. The number of unbranched alkanes of at least 4 members (excludes halogenated alkanes) is 8. The second-order valence-corrected chi connectivity index (χ2v) is 42.7. The molecule has 0 aromatic carbocycles. The van der Waals surface area contributed by atoms with Gasteiger partial charge in [-0.25, -0.2) is 0 Å². The maximum Gasteiger partial charge on any atom is 0.325 e. The minimum absolute atomic E-state index is 0.00288. The molecule has 810 valence electrons. The summed E-state index contributed by atoms with van der Waals surface area (Å²) in [5.74, 6) is -21.0. The van der Waals surface area contributed by atoms with Gasteiger partial charge in [-0.3, -0.25) is 116 Å². The van der Waals surface area contributed by atoms with Gasteiger partial charge >= 0.3 is 5.97 Å². The molecule has 1 saturated heterocycles. The third-order valence-electron chi connectivity index (χ3n) is 23.8. The summed E-state index contributed by atoms with van der Waals surface area (Å²) in [5.41, 5.74) is -12.0. The smallest absolute Gasteiger partial charge is 0.325 e. The first-order valence-corrected chi connectivity index (χ1v) is 48.6. The van der Waals surface area contributed by atoms with Gasteiger partial charge in [0.05, 0.1) is 12.5 Å². The number of carboxylic acids is 1. The number of nitrogens with one attached hydrogen (secondary N) is 22. The van der Waals surface area contributed by atoms with E-state index >= 15 is 0 Å². The van der Waals surface area contributed by atoms with Crippen molar-refractivity contribution in [3.63, 3.8) is 0 Å². The van der Waals surface area contributed by atoms with Gasteiger partial charge in [0.1, 0.15) is 122 Å². The van der Waals surface area contributed by atoms with Gasteiger partial charge < -0.3 is 127 Å². The zero-order chi connectivity index (χ0) is 111. The number of nitrogens with two attached hydrogens (primary N) is 1. The molecule has 0 radical (unpaired) electrons. The third kappa shape index (κ3) is 42.4. The molecular formula is C95H166N24O24. The summed E-state index contributed by atoms with van der Waals surface area (Å²) in [6.07, 6.45) is 10.6. The molecule has 1 rings (SSSR count). The van der Waals surface area contributed by atoms with Crippen LogP contribution in [0.3, 0.4) is 0 Å². The molecule has 1 heterocycles. The van der Waals surface area contributed by atoms with Gasteiger partial charge in [0.2, 0.25) is 124 Å². The van der Waals surface area contributed by atoms with Crippen LogP contribution in [0.2, 0.25) is 0 Å². The Balaban J connectivity index is 2.97. The van der Waals surface area contributed by atoms with Crippen LogP contribution in [0, 0.1) is 17.2 Å². The number of rotatable bonds is 59. The van der Waals surface area contributed by atoms with Gasteiger partial charge in [-0.15, -0.1) is 0 Å². The molecule has 0 saturated carbocycles. The van der Waals surface area contributed by atoms with Gasteiger partial charge in [0.25, 0.3) is 0 Å². The van der Waals surface area contributed by atoms with E-state index in [-0.39, 0.29) is 50.5 Å². The standard InChI is InChI=1S/C95H166N24O24/c1-32-33-34-35-36-37-38-39-40-45-62(120)51(4)73(131)119-47-42-44-61(119)72(130)114-93(26,27)82(141)117-95(30,31)84(143)118-94(28,29)83(142)116-90(20,21)77(136)105-53(6)65(123)101-55(8)67(125)113-89(18,19)80(139)108-60(48-50(2)3)71(129)103-57(10)69(127)111-87(14,15)76(135)104-52(5)64(122)100-54(7)66(124)112-88(16,17)79(138)107-59(43-41-46-98-85(96)97)70(128)102-56(9)68(126)110-86(12,13)75(134)99-49-63(121)109-92(24,25)81(140)115-91(22,23)78(137)106-58(11)74(132)133/h50-61H,32-49H2,1-31H3,(H,99,134)(H,100,122)(H,101,123)(H,102,128)(H,103,129)(H,104,135)(H,105,136)(H,106,137)(H,107,138)(H,108,139)(H,109,121)(H,110,126)(H,111,127)(H,112,124)(H,113,125)(H,114,130)(H,115,140)(H,116,142)(H,117,141)(H,118,143)(H,132,133)(H4,96,97,98). The Labute approximate surface area is 839 Å². The van der Waals surface area contributed by atoms with Crippen LogP contribution in [0.5, 0.6) is 0 Å². The van der Waals surface area contributed by atoms with Gasteiger partial charge in [-0.05, 0) is 238 Å². The number of carbonyl (C=O) groups excluding carboxylic acids is 22. The molecule has 11 unspecified atom stereocenters. The SMILES string of the molecule is CCCCCCCCCCCC(=O)C(C)C(=O)N1CCCC1C(=O)NC(C)(C)C(=O)NC(C)(C)C(=O)NC(C)(C)C(=O)NC(C)(C)C(=O)NC(C)C(=O)NC(C)C(=O)NC(C)(C)C(=O)NC(CC(C)C)C(=O)NC(C)C(=O)NC(C)(C)C(=O)NC(C)C(=O)NC(C)C(=O)NC(C)(C)C(=O)NC(CCCNC(=N)N)C(=O)NC(C)C(=O)NC(C)(C)C(=O)NCC(=O)NC(C)(C)C(=O)NC(C)(C)C(=O)NC(C)C(=O)O. The minimum Gasteiger partial charge on any atom is -0.480 e. The molecule has 25 N–H and O–H groups in total. The lowest BCUT2D eigenvalue weighted by Gasteiger charge is -2.36. The Kier molecular flexibility index (Phi) is 49.0. The fraction of sp³-hybridized carbons (Fsp3) is 0.747. The van der Waals surface area contributed by atoms with E-state index in [9.17, 15) is 110 Å². The normalized spacial score (nSPS) is 15.3. The van der Waals surface area contributed by atoms with Crippen LogP contribution in [-0.4, -0.2) is 287 Å². The summed E-state index contributed by atoms with van der Waals surface area (Å²) in [6.45, 7) is 42.0. The largest absolute Gasteiger partial charge is 0.480 e. The summed E-state index contributed by atoms with van der Waals surface area (Å²) in [7, 11) is 0. The maximum absolute atomic E-state index is 14.0. The second kappa shape index (κ2) is 54.7. The molecular weight excluding hydrogens is 1860 g/mol. The number of carbonyl (C=O) groups is 23. The molecule has 1 fully saturated rings. The Morgan fingerprint density at radius 2 is 0.636 bits per heavy atom. The summed E-state index contributed by atoms with van der Waals surface area (Å²) in [4.78, 5) is 312. The van der Waals surface area contributed by atoms with Crippen molar-refractivity contribution in [2.45, 2.75) is 427 Å². The van der Waals surface area contributed by atoms with Crippen molar-refractivity contribution >= 4 is 142 Å². The van der Waals surface area contributed by atoms with E-state index in [0.717, 1.165) is 25.7 Å². The number of nitrogens with zero attached hydrogens (tertiary/aromatic N) is 1. The molecule has 1 aliphatic heterocycles. The van der Waals surface area contributed by atoms with E-state index in [1.54, 1.807) is 20.8 Å². The van der Waals surface area contributed by atoms with Crippen LogP contribution in [0.4, 0.5) is 0 Å². The topological polar surface area (TPSA) is 719 Å². The third-order valence-corrected chi connectivity index (χ3v) is 23.8. The van der Waals surface area contributed by atoms with E-state index in [1.165, 1.54) is 218 Å². The number of guanidine groups is 1. The lowest BCUT2D eigenvalue weighted by Crippen LogP contribution is -2.68. The first kappa shape index (κ1) is 128. The Morgan fingerprint density at radius 3 is 1.00 bits per heavy atom. The van der Waals surface area contributed by atoms with Crippen LogP contribution in [0.1, 0.15) is 311 Å². The predicted octanol–water partition coefficient (Wildman–Crippen LogP) is -1.94. The average Bonchev–Trinajstić information content (AvgIpc) is 1.71. The zero-order valence-corrected chi connectivity index (χ0v) is 89.5. The lowest BCUT2D eigenvalue weighted by atomic mass is 9.95. The quantitative estimate of drug-likeness (QED) is 0.0136. The van der Waals surface area contributed by atoms with Crippen molar-refractivity contribution in [1.82, 2.24) is 117 Å². The summed E-state index contributed by atoms with van der Waals surface area (Å²) in [6, 6.07) is -13.3. The van der Waals surface area contributed by atoms with Crippen molar-refractivity contribution < 1.29 is 115 Å². The molecule has 0 aromatic rings. The molecule has 0 spiro atoms. The number of hydrogen-bond donors (Lipinski definition) is 24. The first-order chi connectivity index (χ1) is 65.2. The van der Waals surface area contributed by atoms with Crippen molar-refractivity contribution in [3.8, 4) is 0 Å². The number of Topliss-reactive ketones (excluding diaryl/α,β-unsaturated/α-hetero) is 1. The molecule has 1 aliphatic rings. The molecule has 48 heteroatoms. The summed E-state index contributed by atoms with van der Waals surface area (Å²) in [5, 5.41) is 69.1. The molecule has 0 aromatic heterocycles.